The van der Waals surface area contributed by atoms with Crippen LogP contribution in [0.4, 0.5) is 0 Å². The number of ketones is 1. The maximum atomic E-state index is 11.4. The summed E-state index contributed by atoms with van der Waals surface area (Å²) in [5.74, 6) is -0.0434. The normalized spacial score (nSPS) is 41.9. The first-order valence-electron chi connectivity index (χ1n) is 4.81. The summed E-state index contributed by atoms with van der Waals surface area (Å²) in [4.78, 5) is 13.5. The molecule has 1 fully saturated rings. The van der Waals surface area contributed by atoms with Crippen molar-refractivity contribution in [3.8, 4) is 0 Å². The van der Waals surface area contributed by atoms with Gasteiger partial charge in [-0.1, -0.05) is 13.8 Å². The van der Waals surface area contributed by atoms with E-state index in [2.05, 4.69) is 4.90 Å². The fraction of sp³-hybridized carbons (Fsp3) is 0.900. The molecule has 0 spiro atoms. The molecule has 0 aromatic carbocycles. The lowest BCUT2D eigenvalue weighted by Gasteiger charge is -2.45. The van der Waals surface area contributed by atoms with Gasteiger partial charge in [0, 0.05) is 24.9 Å². The summed E-state index contributed by atoms with van der Waals surface area (Å²) in [5.41, 5.74) is -1.10. The predicted molar refractivity (Wildman–Crippen MR) is 51.5 cm³/mol. The van der Waals surface area contributed by atoms with Crippen LogP contribution in [0.3, 0.4) is 0 Å². The maximum absolute atomic E-state index is 11.4. The molecule has 0 aromatic heterocycles. The Morgan fingerprint density at radius 2 is 1.77 bits per heavy atom. The molecule has 1 saturated heterocycles. The highest BCUT2D eigenvalue weighted by Crippen LogP contribution is 2.32. The van der Waals surface area contributed by atoms with Gasteiger partial charge in [0.1, 0.15) is 5.60 Å². The molecule has 0 aliphatic carbocycles. The van der Waals surface area contributed by atoms with Crippen LogP contribution in [0, 0.1) is 11.8 Å². The van der Waals surface area contributed by atoms with E-state index in [1.54, 1.807) is 0 Å². The highest BCUT2D eigenvalue weighted by atomic mass is 16.3. The number of hydrogen-bond donors (Lipinski definition) is 1. The van der Waals surface area contributed by atoms with Crippen molar-refractivity contribution < 1.29 is 9.90 Å². The van der Waals surface area contributed by atoms with Crippen molar-refractivity contribution in [3.05, 3.63) is 0 Å². The van der Waals surface area contributed by atoms with Gasteiger partial charge < -0.3 is 10.0 Å². The zero-order valence-corrected chi connectivity index (χ0v) is 8.87. The number of rotatable bonds is 1. The van der Waals surface area contributed by atoms with Crippen LogP contribution >= 0.6 is 0 Å². The van der Waals surface area contributed by atoms with E-state index < -0.39 is 5.60 Å². The Labute approximate surface area is 79.7 Å². The van der Waals surface area contributed by atoms with Crippen LogP contribution in [0.2, 0.25) is 0 Å². The lowest BCUT2D eigenvalue weighted by Crippen LogP contribution is -2.59. The van der Waals surface area contributed by atoms with E-state index in [0.717, 1.165) is 13.1 Å². The minimum atomic E-state index is -1.10. The van der Waals surface area contributed by atoms with Gasteiger partial charge in [0.15, 0.2) is 5.78 Å². The molecule has 0 radical (unpaired) electrons. The Morgan fingerprint density at radius 1 is 1.38 bits per heavy atom. The fourth-order valence-corrected chi connectivity index (χ4v) is 2.47. The second kappa shape index (κ2) is 3.39. The number of aliphatic hydroxyl groups is 1. The number of Topliss-reactive ketones (excluding diaryl/α,β-unsaturated/α-hetero) is 1. The third kappa shape index (κ3) is 1.63. The highest BCUT2D eigenvalue weighted by molar-refractivity contribution is 5.85. The summed E-state index contributed by atoms with van der Waals surface area (Å²) < 4.78 is 0. The Hall–Kier alpha value is -0.410. The molecule has 76 valence electrons. The Bertz CT molecular complexity index is 203. The molecule has 1 aliphatic rings. The standard InChI is InChI=1S/C10H19NO2/c1-7-5-11(4)6-8(2)10(7,13)9(3)12/h7-8,13H,5-6H2,1-4H3/t7-,8+,10?. The first-order valence-corrected chi connectivity index (χ1v) is 4.81. The molecule has 1 rings (SSSR count). The fourth-order valence-electron chi connectivity index (χ4n) is 2.47. The van der Waals surface area contributed by atoms with E-state index in [9.17, 15) is 9.90 Å². The van der Waals surface area contributed by atoms with Gasteiger partial charge in [-0.3, -0.25) is 4.79 Å². The topological polar surface area (TPSA) is 40.5 Å². The second-order valence-electron chi connectivity index (χ2n) is 4.40. The molecule has 0 amide bonds. The van der Waals surface area contributed by atoms with Gasteiger partial charge in [-0.2, -0.15) is 0 Å². The third-order valence-corrected chi connectivity index (χ3v) is 3.24. The van der Waals surface area contributed by atoms with Crippen LogP contribution in [-0.4, -0.2) is 41.5 Å². The van der Waals surface area contributed by atoms with Crippen molar-refractivity contribution in [2.75, 3.05) is 20.1 Å². The molecule has 0 aromatic rings. The number of nitrogens with zero attached hydrogens (tertiary/aromatic N) is 1. The van der Waals surface area contributed by atoms with Crippen LogP contribution in [-0.2, 0) is 4.79 Å². The predicted octanol–water partition coefficient (Wildman–Crippen LogP) is 0.524. The Morgan fingerprint density at radius 3 is 2.08 bits per heavy atom. The summed E-state index contributed by atoms with van der Waals surface area (Å²) >= 11 is 0. The van der Waals surface area contributed by atoms with Gasteiger partial charge in [0.25, 0.3) is 0 Å². The summed E-state index contributed by atoms with van der Waals surface area (Å²) in [7, 11) is 2.02. The van der Waals surface area contributed by atoms with Gasteiger partial charge in [0.05, 0.1) is 0 Å². The summed E-state index contributed by atoms with van der Waals surface area (Å²) in [6.45, 7) is 6.94. The van der Waals surface area contributed by atoms with E-state index >= 15 is 0 Å². The van der Waals surface area contributed by atoms with Gasteiger partial charge in [-0.05, 0) is 14.0 Å². The lowest BCUT2D eigenvalue weighted by atomic mass is 9.73. The number of hydrogen-bond acceptors (Lipinski definition) is 3. The molecule has 13 heavy (non-hydrogen) atoms. The lowest BCUT2D eigenvalue weighted by molar-refractivity contribution is -0.155. The quantitative estimate of drug-likeness (QED) is 0.647. The van der Waals surface area contributed by atoms with E-state index in [1.165, 1.54) is 6.92 Å². The van der Waals surface area contributed by atoms with Crippen LogP contribution in [0.25, 0.3) is 0 Å². The molecule has 3 heteroatoms. The molecule has 1 heterocycles. The van der Waals surface area contributed by atoms with Gasteiger partial charge >= 0.3 is 0 Å². The zero-order valence-electron chi connectivity index (χ0n) is 8.87. The van der Waals surface area contributed by atoms with Crippen molar-refractivity contribution in [1.82, 2.24) is 4.90 Å². The van der Waals surface area contributed by atoms with Gasteiger partial charge in [-0.25, -0.2) is 0 Å². The van der Waals surface area contributed by atoms with Crippen LogP contribution in [0.15, 0.2) is 0 Å². The average molecular weight is 185 g/mol. The van der Waals surface area contributed by atoms with Crippen molar-refractivity contribution in [2.45, 2.75) is 26.4 Å². The van der Waals surface area contributed by atoms with E-state index in [1.807, 2.05) is 20.9 Å². The maximum Gasteiger partial charge on any atom is 0.161 e. The highest BCUT2D eigenvalue weighted by Gasteiger charge is 2.47. The molecule has 1 unspecified atom stereocenters. The molecular weight excluding hydrogens is 166 g/mol. The van der Waals surface area contributed by atoms with Crippen LogP contribution < -0.4 is 0 Å². The number of piperidine rings is 1. The van der Waals surface area contributed by atoms with Crippen LogP contribution in [0.1, 0.15) is 20.8 Å². The second-order valence-corrected chi connectivity index (χ2v) is 4.40. The van der Waals surface area contributed by atoms with Crippen LogP contribution in [0.5, 0.6) is 0 Å². The molecule has 3 atom stereocenters. The van der Waals surface area contributed by atoms with Gasteiger partial charge in [-0.15, -0.1) is 0 Å². The monoisotopic (exact) mass is 185 g/mol. The number of carbonyl (C=O) groups is 1. The third-order valence-electron chi connectivity index (χ3n) is 3.24. The SMILES string of the molecule is CC(=O)C1(O)[C@H](C)CN(C)C[C@@H]1C. The minimum absolute atomic E-state index is 0.0266. The number of carbonyl (C=O) groups excluding carboxylic acids is 1. The molecule has 0 bridgehead atoms. The van der Waals surface area contributed by atoms with Crippen molar-refractivity contribution in [3.63, 3.8) is 0 Å². The molecule has 1 aliphatic heterocycles. The molecule has 1 N–H and O–H groups in total. The summed E-state index contributed by atoms with van der Waals surface area (Å²) in [5, 5.41) is 10.2. The summed E-state index contributed by atoms with van der Waals surface area (Å²) in [6.07, 6.45) is 0. The molecule has 0 saturated carbocycles. The summed E-state index contributed by atoms with van der Waals surface area (Å²) in [6, 6.07) is 0. The minimum Gasteiger partial charge on any atom is -0.381 e. The molecule has 3 nitrogen and oxygen atoms in total. The Kier molecular flexibility index (Phi) is 2.78. The van der Waals surface area contributed by atoms with E-state index in [0.29, 0.717) is 0 Å². The largest absolute Gasteiger partial charge is 0.381 e. The smallest absolute Gasteiger partial charge is 0.161 e. The Balaban J connectivity index is 2.89. The van der Waals surface area contributed by atoms with Crippen molar-refractivity contribution >= 4 is 5.78 Å². The number of likely N-dealkylation sites (tertiary alicyclic amines) is 1. The first kappa shape index (κ1) is 10.7. The van der Waals surface area contributed by atoms with E-state index in [-0.39, 0.29) is 17.6 Å². The average Bonchev–Trinajstić information content (AvgIpc) is 1.99. The zero-order chi connectivity index (χ0) is 10.2. The van der Waals surface area contributed by atoms with E-state index in [4.69, 9.17) is 0 Å². The van der Waals surface area contributed by atoms with Crippen molar-refractivity contribution in [2.24, 2.45) is 11.8 Å². The van der Waals surface area contributed by atoms with Crippen molar-refractivity contribution in [1.29, 1.82) is 0 Å². The first-order chi connectivity index (χ1) is 5.89. The van der Waals surface area contributed by atoms with Gasteiger partial charge in [0.2, 0.25) is 0 Å². The molecular formula is C10H19NO2.